The number of hydrogen-bond acceptors (Lipinski definition) is 3. The van der Waals surface area contributed by atoms with Crippen LogP contribution in [0.4, 0.5) is 5.69 Å². The average Bonchev–Trinajstić information content (AvgIpc) is 2.38. The minimum atomic E-state index is 0.630. The molecule has 0 spiro atoms. The van der Waals surface area contributed by atoms with E-state index in [-0.39, 0.29) is 0 Å². The largest absolute Gasteiger partial charge is 0.369 e. The number of benzene rings is 1. The summed E-state index contributed by atoms with van der Waals surface area (Å²) in [6.45, 7) is 11.0. The van der Waals surface area contributed by atoms with Gasteiger partial charge in [0.1, 0.15) is 6.29 Å². The third-order valence-electron chi connectivity index (χ3n) is 3.74. The molecule has 0 atom stereocenters. The fourth-order valence-electron chi connectivity index (χ4n) is 2.59. The Labute approximate surface area is 109 Å². The molecule has 2 rings (SSSR count). The normalized spacial score (nSPS) is 17.2. The van der Waals surface area contributed by atoms with Crippen LogP contribution in [0.15, 0.2) is 18.2 Å². The molecular formula is C15H22N2O. The zero-order valence-electron chi connectivity index (χ0n) is 11.5. The molecular weight excluding hydrogens is 224 g/mol. The lowest BCUT2D eigenvalue weighted by Gasteiger charge is -2.38. The van der Waals surface area contributed by atoms with Gasteiger partial charge in [-0.3, -0.25) is 9.69 Å². The summed E-state index contributed by atoms with van der Waals surface area (Å²) in [7, 11) is 0. The Morgan fingerprint density at radius 2 is 1.83 bits per heavy atom. The molecule has 1 aliphatic heterocycles. The van der Waals surface area contributed by atoms with Crippen molar-refractivity contribution < 1.29 is 4.79 Å². The summed E-state index contributed by atoms with van der Waals surface area (Å²) in [4.78, 5) is 15.7. The first kappa shape index (κ1) is 13.1. The molecule has 0 amide bonds. The Bertz CT molecular complexity index is 421. The highest BCUT2D eigenvalue weighted by molar-refractivity contribution is 5.77. The molecule has 3 nitrogen and oxygen atoms in total. The van der Waals surface area contributed by atoms with Crippen LogP contribution in [0.1, 0.15) is 29.8 Å². The molecule has 0 unspecified atom stereocenters. The van der Waals surface area contributed by atoms with Crippen molar-refractivity contribution in [2.45, 2.75) is 26.8 Å². The maximum Gasteiger partial charge on any atom is 0.150 e. The van der Waals surface area contributed by atoms with Crippen molar-refractivity contribution in [2.75, 3.05) is 31.1 Å². The monoisotopic (exact) mass is 246 g/mol. The van der Waals surface area contributed by atoms with Gasteiger partial charge in [-0.1, -0.05) is 0 Å². The van der Waals surface area contributed by atoms with Gasteiger partial charge in [0.25, 0.3) is 0 Å². The highest BCUT2D eigenvalue weighted by atomic mass is 16.1. The fraction of sp³-hybridized carbons (Fsp3) is 0.533. The van der Waals surface area contributed by atoms with Gasteiger partial charge in [0.15, 0.2) is 0 Å². The lowest BCUT2D eigenvalue weighted by Crippen LogP contribution is -2.49. The third kappa shape index (κ3) is 2.72. The standard InChI is InChI=1S/C15H22N2O/c1-12(2)16-6-8-17(9-7-16)15-5-4-14(11-18)10-13(15)3/h4-5,10-12H,6-9H2,1-3H3. The summed E-state index contributed by atoms with van der Waals surface area (Å²) < 4.78 is 0. The lowest BCUT2D eigenvalue weighted by atomic mass is 10.1. The van der Waals surface area contributed by atoms with Gasteiger partial charge >= 0.3 is 0 Å². The molecule has 1 heterocycles. The zero-order chi connectivity index (χ0) is 13.1. The third-order valence-corrected chi connectivity index (χ3v) is 3.74. The van der Waals surface area contributed by atoms with Gasteiger partial charge in [0, 0.05) is 43.5 Å². The second-order valence-corrected chi connectivity index (χ2v) is 5.28. The highest BCUT2D eigenvalue weighted by Crippen LogP contribution is 2.22. The molecule has 18 heavy (non-hydrogen) atoms. The summed E-state index contributed by atoms with van der Waals surface area (Å²) in [6.07, 6.45) is 0.910. The van der Waals surface area contributed by atoms with Crippen LogP contribution in [0.25, 0.3) is 0 Å². The van der Waals surface area contributed by atoms with Crippen molar-refractivity contribution in [3.63, 3.8) is 0 Å². The minimum Gasteiger partial charge on any atom is -0.369 e. The molecule has 0 aromatic heterocycles. The molecule has 0 aliphatic carbocycles. The predicted octanol–water partition coefficient (Wildman–Crippen LogP) is 2.34. The maximum absolute atomic E-state index is 10.7. The van der Waals surface area contributed by atoms with E-state index in [0.717, 1.165) is 38.0 Å². The van der Waals surface area contributed by atoms with E-state index in [1.807, 2.05) is 12.1 Å². The predicted molar refractivity (Wildman–Crippen MR) is 75.5 cm³/mol. The maximum atomic E-state index is 10.7. The van der Waals surface area contributed by atoms with Crippen LogP contribution >= 0.6 is 0 Å². The summed E-state index contributed by atoms with van der Waals surface area (Å²) in [5.41, 5.74) is 3.22. The first-order chi connectivity index (χ1) is 8.61. The Morgan fingerprint density at radius 1 is 1.17 bits per heavy atom. The average molecular weight is 246 g/mol. The summed E-state index contributed by atoms with van der Waals surface area (Å²) in [5, 5.41) is 0. The second kappa shape index (κ2) is 5.53. The Kier molecular flexibility index (Phi) is 4.02. The van der Waals surface area contributed by atoms with Gasteiger partial charge in [-0.25, -0.2) is 0 Å². The molecule has 0 saturated carbocycles. The molecule has 0 N–H and O–H groups in total. The molecule has 1 aromatic carbocycles. The summed E-state index contributed by atoms with van der Waals surface area (Å²) in [6, 6.07) is 6.58. The first-order valence-electron chi connectivity index (χ1n) is 6.66. The highest BCUT2D eigenvalue weighted by Gasteiger charge is 2.19. The molecule has 0 radical (unpaired) electrons. The molecule has 0 bridgehead atoms. The number of nitrogens with zero attached hydrogens (tertiary/aromatic N) is 2. The van der Waals surface area contributed by atoms with Crippen molar-refractivity contribution in [3.05, 3.63) is 29.3 Å². The number of carbonyl (C=O) groups excluding carboxylic acids is 1. The minimum absolute atomic E-state index is 0.630. The first-order valence-corrected chi connectivity index (χ1v) is 6.66. The Hall–Kier alpha value is -1.35. The Morgan fingerprint density at radius 3 is 2.33 bits per heavy atom. The Balaban J connectivity index is 2.07. The number of hydrogen-bond donors (Lipinski definition) is 0. The van der Waals surface area contributed by atoms with Gasteiger partial charge in [0.05, 0.1) is 0 Å². The zero-order valence-corrected chi connectivity index (χ0v) is 11.5. The van der Waals surface area contributed by atoms with Crippen molar-refractivity contribution >= 4 is 12.0 Å². The van der Waals surface area contributed by atoms with E-state index in [9.17, 15) is 4.79 Å². The molecule has 98 valence electrons. The number of rotatable bonds is 3. The van der Waals surface area contributed by atoms with E-state index in [1.165, 1.54) is 11.3 Å². The van der Waals surface area contributed by atoms with E-state index in [4.69, 9.17) is 0 Å². The quantitative estimate of drug-likeness (QED) is 0.765. The lowest BCUT2D eigenvalue weighted by molar-refractivity contribution is 0.112. The van der Waals surface area contributed by atoms with Crippen LogP contribution in [0.5, 0.6) is 0 Å². The van der Waals surface area contributed by atoms with Crippen LogP contribution in [0.2, 0.25) is 0 Å². The van der Waals surface area contributed by atoms with Crippen LogP contribution < -0.4 is 4.90 Å². The van der Waals surface area contributed by atoms with Crippen molar-refractivity contribution in [2.24, 2.45) is 0 Å². The summed E-state index contributed by atoms with van der Waals surface area (Å²) >= 11 is 0. The van der Waals surface area contributed by atoms with Crippen LogP contribution in [-0.4, -0.2) is 43.4 Å². The van der Waals surface area contributed by atoms with E-state index in [2.05, 4.69) is 36.6 Å². The topological polar surface area (TPSA) is 23.6 Å². The number of carbonyl (C=O) groups is 1. The van der Waals surface area contributed by atoms with Gasteiger partial charge in [-0.2, -0.15) is 0 Å². The number of anilines is 1. The number of aryl methyl sites for hydroxylation is 1. The van der Waals surface area contributed by atoms with Gasteiger partial charge in [-0.05, 0) is 44.5 Å². The number of aldehydes is 1. The van der Waals surface area contributed by atoms with Crippen LogP contribution in [-0.2, 0) is 0 Å². The van der Waals surface area contributed by atoms with Crippen molar-refractivity contribution in [1.82, 2.24) is 4.90 Å². The van der Waals surface area contributed by atoms with Crippen LogP contribution in [0, 0.1) is 6.92 Å². The van der Waals surface area contributed by atoms with Gasteiger partial charge in [0.2, 0.25) is 0 Å². The molecule has 1 aromatic rings. The summed E-state index contributed by atoms with van der Waals surface area (Å²) in [5.74, 6) is 0. The van der Waals surface area contributed by atoms with Gasteiger partial charge in [-0.15, -0.1) is 0 Å². The number of piperazine rings is 1. The van der Waals surface area contributed by atoms with E-state index < -0.39 is 0 Å². The van der Waals surface area contributed by atoms with Gasteiger partial charge < -0.3 is 4.90 Å². The fourth-order valence-corrected chi connectivity index (χ4v) is 2.59. The van der Waals surface area contributed by atoms with E-state index in [1.54, 1.807) is 0 Å². The smallest absolute Gasteiger partial charge is 0.150 e. The SMILES string of the molecule is Cc1cc(C=O)ccc1N1CCN(C(C)C)CC1. The van der Waals surface area contributed by atoms with E-state index >= 15 is 0 Å². The second-order valence-electron chi connectivity index (χ2n) is 5.28. The molecule has 1 aliphatic rings. The molecule has 3 heteroatoms. The van der Waals surface area contributed by atoms with Crippen molar-refractivity contribution in [1.29, 1.82) is 0 Å². The molecule has 1 saturated heterocycles. The molecule has 1 fully saturated rings. The van der Waals surface area contributed by atoms with Crippen molar-refractivity contribution in [3.8, 4) is 0 Å². The van der Waals surface area contributed by atoms with Crippen LogP contribution in [0.3, 0.4) is 0 Å². The van der Waals surface area contributed by atoms with E-state index in [0.29, 0.717) is 6.04 Å².